The zero-order valence-corrected chi connectivity index (χ0v) is 13.2. The first-order valence-corrected chi connectivity index (χ1v) is 7.84. The maximum absolute atomic E-state index is 13.6. The summed E-state index contributed by atoms with van der Waals surface area (Å²) in [6.07, 6.45) is 1.05. The van der Waals surface area contributed by atoms with Gasteiger partial charge in [-0.2, -0.15) is 0 Å². The minimum Gasteiger partial charge on any atom is -0.386 e. The molecule has 1 aromatic rings. The highest BCUT2D eigenvalue weighted by molar-refractivity contribution is 5.82. The molecule has 22 heavy (non-hydrogen) atoms. The van der Waals surface area contributed by atoms with E-state index in [0.717, 1.165) is 25.9 Å². The van der Waals surface area contributed by atoms with Crippen molar-refractivity contribution >= 4 is 5.91 Å². The van der Waals surface area contributed by atoms with E-state index in [1.807, 2.05) is 13.8 Å². The number of hydrogen-bond acceptors (Lipinski definition) is 3. The number of carbonyl (C=O) groups excluding carboxylic acids is 1. The van der Waals surface area contributed by atoms with Crippen LogP contribution in [0.3, 0.4) is 0 Å². The molecule has 0 spiro atoms. The summed E-state index contributed by atoms with van der Waals surface area (Å²) in [6, 6.07) is 6.07. The van der Waals surface area contributed by atoms with Crippen LogP contribution in [-0.4, -0.2) is 30.6 Å². The van der Waals surface area contributed by atoms with Crippen LogP contribution in [0, 0.1) is 17.2 Å². The Kier molecular flexibility index (Phi) is 5.53. The monoisotopic (exact) mass is 308 g/mol. The summed E-state index contributed by atoms with van der Waals surface area (Å²) in [7, 11) is 0. The van der Waals surface area contributed by atoms with Crippen molar-refractivity contribution in [3.63, 3.8) is 0 Å². The lowest BCUT2D eigenvalue weighted by atomic mass is 9.74. The fourth-order valence-electron chi connectivity index (χ4n) is 2.93. The van der Waals surface area contributed by atoms with Gasteiger partial charge in [0, 0.05) is 17.5 Å². The average molecular weight is 308 g/mol. The Morgan fingerprint density at radius 2 is 2.23 bits per heavy atom. The molecule has 1 aliphatic heterocycles. The average Bonchev–Trinajstić information content (AvgIpc) is 2.53. The third-order valence-corrected chi connectivity index (χ3v) is 4.62. The van der Waals surface area contributed by atoms with Gasteiger partial charge in [0.2, 0.25) is 5.91 Å². The van der Waals surface area contributed by atoms with Gasteiger partial charge in [-0.15, -0.1) is 0 Å². The number of benzene rings is 1. The van der Waals surface area contributed by atoms with Crippen molar-refractivity contribution in [3.8, 4) is 0 Å². The second kappa shape index (κ2) is 7.20. The van der Waals surface area contributed by atoms with Crippen LogP contribution in [0.4, 0.5) is 4.39 Å². The Balaban J connectivity index is 1.92. The van der Waals surface area contributed by atoms with Gasteiger partial charge in [-0.3, -0.25) is 4.79 Å². The van der Waals surface area contributed by atoms with Crippen LogP contribution >= 0.6 is 0 Å². The lowest BCUT2D eigenvalue weighted by Crippen LogP contribution is -2.48. The molecule has 1 heterocycles. The van der Waals surface area contributed by atoms with Crippen molar-refractivity contribution in [1.82, 2.24) is 10.6 Å². The second-order valence-corrected chi connectivity index (χ2v) is 6.51. The highest BCUT2D eigenvalue weighted by Crippen LogP contribution is 2.32. The molecule has 0 radical (unpaired) electrons. The summed E-state index contributed by atoms with van der Waals surface area (Å²) >= 11 is 0. The predicted octanol–water partition coefficient (Wildman–Crippen LogP) is 2.00. The van der Waals surface area contributed by atoms with Gasteiger partial charge in [0.25, 0.3) is 0 Å². The van der Waals surface area contributed by atoms with E-state index in [0.29, 0.717) is 0 Å². The SMILES string of the molecule is CC(C)(C(=O)NC[C@H](O)c1ccccc1F)[C@H]1CCCNC1. The third-order valence-electron chi connectivity index (χ3n) is 4.62. The van der Waals surface area contributed by atoms with Crippen LogP contribution in [0.15, 0.2) is 24.3 Å². The number of halogens is 1. The zero-order chi connectivity index (χ0) is 16.2. The standard InChI is InChI=1S/C17H25FN2O2/c1-17(2,12-6-5-9-19-10-12)16(22)20-11-15(21)13-7-3-4-8-14(13)18/h3-4,7-8,12,15,19,21H,5-6,9-11H2,1-2H3,(H,20,22)/t12-,15-/m0/s1. The number of carbonyl (C=O) groups is 1. The summed E-state index contributed by atoms with van der Waals surface area (Å²) in [5, 5.41) is 16.1. The lowest BCUT2D eigenvalue weighted by molar-refractivity contribution is -0.133. The van der Waals surface area contributed by atoms with Gasteiger partial charge in [0.1, 0.15) is 5.82 Å². The van der Waals surface area contributed by atoms with Crippen molar-refractivity contribution < 1.29 is 14.3 Å². The van der Waals surface area contributed by atoms with E-state index in [9.17, 15) is 14.3 Å². The summed E-state index contributed by atoms with van der Waals surface area (Å²) < 4.78 is 13.6. The first-order valence-electron chi connectivity index (χ1n) is 7.84. The Morgan fingerprint density at radius 1 is 1.50 bits per heavy atom. The molecule has 1 fully saturated rings. The van der Waals surface area contributed by atoms with Crippen LogP contribution < -0.4 is 10.6 Å². The second-order valence-electron chi connectivity index (χ2n) is 6.51. The smallest absolute Gasteiger partial charge is 0.226 e. The molecular weight excluding hydrogens is 283 g/mol. The Labute approximate surface area is 131 Å². The van der Waals surface area contributed by atoms with Crippen LogP contribution in [-0.2, 0) is 4.79 Å². The summed E-state index contributed by atoms with van der Waals surface area (Å²) in [4.78, 5) is 12.4. The highest BCUT2D eigenvalue weighted by Gasteiger charge is 2.37. The summed E-state index contributed by atoms with van der Waals surface area (Å²) in [6.45, 7) is 5.70. The molecule has 5 heteroatoms. The van der Waals surface area contributed by atoms with E-state index < -0.39 is 17.3 Å². The van der Waals surface area contributed by atoms with E-state index in [4.69, 9.17) is 0 Å². The largest absolute Gasteiger partial charge is 0.386 e. The normalized spacial score (nSPS) is 20.5. The fourth-order valence-corrected chi connectivity index (χ4v) is 2.93. The summed E-state index contributed by atoms with van der Waals surface area (Å²) in [5.74, 6) is -0.288. The zero-order valence-electron chi connectivity index (χ0n) is 13.2. The maximum atomic E-state index is 13.6. The topological polar surface area (TPSA) is 61.4 Å². The van der Waals surface area contributed by atoms with Crippen LogP contribution in [0.2, 0.25) is 0 Å². The van der Waals surface area contributed by atoms with Gasteiger partial charge < -0.3 is 15.7 Å². The molecular formula is C17H25FN2O2. The molecule has 1 saturated heterocycles. The molecule has 1 aromatic carbocycles. The molecule has 4 nitrogen and oxygen atoms in total. The van der Waals surface area contributed by atoms with Gasteiger partial charge in [-0.05, 0) is 37.9 Å². The van der Waals surface area contributed by atoms with E-state index in [2.05, 4.69) is 10.6 Å². The van der Waals surface area contributed by atoms with E-state index in [-0.39, 0.29) is 23.9 Å². The van der Waals surface area contributed by atoms with Gasteiger partial charge in [-0.1, -0.05) is 32.0 Å². The molecule has 122 valence electrons. The molecule has 1 aliphatic rings. The molecule has 0 aromatic heterocycles. The quantitative estimate of drug-likeness (QED) is 0.780. The van der Waals surface area contributed by atoms with Gasteiger partial charge >= 0.3 is 0 Å². The van der Waals surface area contributed by atoms with E-state index in [1.165, 1.54) is 12.1 Å². The summed E-state index contributed by atoms with van der Waals surface area (Å²) in [5.41, 5.74) is -0.303. The number of hydrogen-bond donors (Lipinski definition) is 3. The number of aliphatic hydroxyl groups excluding tert-OH is 1. The Hall–Kier alpha value is -1.46. The minimum atomic E-state index is -1.04. The molecule has 3 N–H and O–H groups in total. The number of rotatable bonds is 5. The van der Waals surface area contributed by atoms with Crippen LogP contribution in [0.1, 0.15) is 38.4 Å². The fraction of sp³-hybridized carbons (Fsp3) is 0.588. The molecule has 0 saturated carbocycles. The Bertz CT molecular complexity index is 513. The molecule has 0 unspecified atom stereocenters. The number of amides is 1. The number of aliphatic hydroxyl groups is 1. The third kappa shape index (κ3) is 3.84. The first kappa shape index (κ1) is 16.9. The van der Waals surface area contributed by atoms with E-state index >= 15 is 0 Å². The molecule has 0 aliphatic carbocycles. The predicted molar refractivity (Wildman–Crippen MR) is 83.7 cm³/mol. The van der Waals surface area contributed by atoms with Crippen molar-refractivity contribution in [1.29, 1.82) is 0 Å². The minimum absolute atomic E-state index is 0.0172. The van der Waals surface area contributed by atoms with Gasteiger partial charge in [0.15, 0.2) is 0 Å². The first-order chi connectivity index (χ1) is 10.4. The van der Waals surface area contributed by atoms with Crippen molar-refractivity contribution in [2.45, 2.75) is 32.8 Å². The molecule has 2 atom stereocenters. The van der Waals surface area contributed by atoms with Crippen molar-refractivity contribution in [2.75, 3.05) is 19.6 Å². The lowest BCUT2D eigenvalue weighted by Gasteiger charge is -2.36. The number of piperidine rings is 1. The van der Waals surface area contributed by atoms with Gasteiger partial charge in [0.05, 0.1) is 6.10 Å². The molecule has 2 rings (SSSR count). The van der Waals surface area contributed by atoms with Gasteiger partial charge in [-0.25, -0.2) is 4.39 Å². The molecule has 1 amide bonds. The van der Waals surface area contributed by atoms with E-state index in [1.54, 1.807) is 12.1 Å². The van der Waals surface area contributed by atoms with Crippen LogP contribution in [0.5, 0.6) is 0 Å². The highest BCUT2D eigenvalue weighted by atomic mass is 19.1. The van der Waals surface area contributed by atoms with Crippen LogP contribution in [0.25, 0.3) is 0 Å². The van der Waals surface area contributed by atoms with Crippen molar-refractivity contribution in [2.24, 2.45) is 11.3 Å². The van der Waals surface area contributed by atoms with Crippen molar-refractivity contribution in [3.05, 3.63) is 35.6 Å². The molecule has 0 bridgehead atoms. The number of nitrogens with one attached hydrogen (secondary N) is 2. The Morgan fingerprint density at radius 3 is 2.86 bits per heavy atom. The maximum Gasteiger partial charge on any atom is 0.226 e.